The Morgan fingerprint density at radius 1 is 1.21 bits per heavy atom. The topological polar surface area (TPSA) is 53.8 Å². The van der Waals surface area contributed by atoms with Crippen LogP contribution >= 0.6 is 0 Å². The molecule has 2 fully saturated rings. The fraction of sp³-hybridized carbons (Fsp3) is 0.810. The highest BCUT2D eigenvalue weighted by Gasteiger charge is 2.38. The molecule has 7 nitrogen and oxygen atoms in total. The number of ether oxygens (including phenoxy) is 1. The highest BCUT2D eigenvalue weighted by Crippen LogP contribution is 2.31. The van der Waals surface area contributed by atoms with Crippen LogP contribution in [-0.2, 0) is 16.6 Å². The molecule has 28 heavy (non-hydrogen) atoms. The molecular weight excluding hydrogens is 354 g/mol. The van der Waals surface area contributed by atoms with Crippen LogP contribution in [0.15, 0.2) is 12.4 Å². The molecule has 2 saturated heterocycles. The first-order valence-corrected chi connectivity index (χ1v) is 10.7. The van der Waals surface area contributed by atoms with Gasteiger partial charge in [-0.15, -0.1) is 0 Å². The summed E-state index contributed by atoms with van der Waals surface area (Å²) >= 11 is 0. The van der Waals surface area contributed by atoms with Gasteiger partial charge in [-0.2, -0.15) is 5.10 Å². The molecule has 1 aromatic rings. The van der Waals surface area contributed by atoms with Crippen molar-refractivity contribution in [3.63, 3.8) is 0 Å². The second-order valence-electron chi connectivity index (χ2n) is 8.78. The lowest BCUT2D eigenvalue weighted by Gasteiger charge is -2.42. The zero-order valence-electron chi connectivity index (χ0n) is 18.0. The van der Waals surface area contributed by atoms with Crippen LogP contribution in [-0.4, -0.2) is 89.4 Å². The van der Waals surface area contributed by atoms with Gasteiger partial charge in [-0.05, 0) is 38.9 Å². The van der Waals surface area contributed by atoms with Crippen molar-refractivity contribution >= 4 is 5.91 Å². The van der Waals surface area contributed by atoms with Crippen LogP contribution in [0.3, 0.4) is 0 Å². The third-order valence-corrected chi connectivity index (χ3v) is 5.92. The molecule has 0 radical (unpaired) electrons. The van der Waals surface area contributed by atoms with Gasteiger partial charge in [0.1, 0.15) is 0 Å². The molecular formula is C21H37N5O2. The van der Waals surface area contributed by atoms with Crippen molar-refractivity contribution in [1.29, 1.82) is 0 Å². The van der Waals surface area contributed by atoms with Crippen molar-refractivity contribution in [2.24, 2.45) is 13.0 Å². The second kappa shape index (κ2) is 9.85. The summed E-state index contributed by atoms with van der Waals surface area (Å²) < 4.78 is 8.06. The Morgan fingerprint density at radius 2 is 2.04 bits per heavy atom. The van der Waals surface area contributed by atoms with Crippen LogP contribution in [0, 0.1) is 5.92 Å². The Labute approximate surface area is 169 Å². The number of aryl methyl sites for hydroxylation is 1. The maximum atomic E-state index is 13.1. The van der Waals surface area contributed by atoms with E-state index in [9.17, 15) is 4.79 Å². The molecule has 1 amide bonds. The molecule has 2 atom stereocenters. The summed E-state index contributed by atoms with van der Waals surface area (Å²) in [6.45, 7) is 10.9. The van der Waals surface area contributed by atoms with Gasteiger partial charge < -0.3 is 14.5 Å². The van der Waals surface area contributed by atoms with E-state index in [0.29, 0.717) is 25.5 Å². The Bertz CT molecular complexity index is 632. The van der Waals surface area contributed by atoms with Gasteiger partial charge in [0.25, 0.3) is 0 Å². The van der Waals surface area contributed by atoms with Crippen molar-refractivity contribution in [3.8, 4) is 0 Å². The van der Waals surface area contributed by atoms with Crippen LogP contribution in [0.5, 0.6) is 0 Å². The SMILES string of the molecule is CC(C)CCC(=O)N1CCO[C@@H](CN2CCCN(C)CC2)[C@@H]1c1cnn(C)c1. The molecule has 0 bridgehead atoms. The number of amides is 1. The minimum absolute atomic E-state index is 0.00986. The summed E-state index contributed by atoms with van der Waals surface area (Å²) in [6.07, 6.45) is 6.63. The number of likely N-dealkylation sites (N-methyl/N-ethyl adjacent to an activating group) is 1. The highest BCUT2D eigenvalue weighted by atomic mass is 16.5. The number of carbonyl (C=O) groups excluding carboxylic acids is 1. The van der Waals surface area contributed by atoms with Crippen molar-refractivity contribution in [3.05, 3.63) is 18.0 Å². The van der Waals surface area contributed by atoms with Gasteiger partial charge in [0.15, 0.2) is 0 Å². The zero-order valence-corrected chi connectivity index (χ0v) is 18.0. The highest BCUT2D eigenvalue weighted by molar-refractivity contribution is 5.77. The summed E-state index contributed by atoms with van der Waals surface area (Å²) in [5, 5.41) is 4.37. The molecule has 0 unspecified atom stereocenters. The van der Waals surface area contributed by atoms with Crippen LogP contribution in [0.1, 0.15) is 44.7 Å². The normalized spacial score (nSPS) is 25.2. The first kappa shape index (κ1) is 21.3. The Morgan fingerprint density at radius 3 is 2.75 bits per heavy atom. The molecule has 2 aliphatic heterocycles. The average molecular weight is 392 g/mol. The Hall–Kier alpha value is -1.44. The summed E-state index contributed by atoms with van der Waals surface area (Å²) in [5.41, 5.74) is 1.08. The van der Waals surface area contributed by atoms with Crippen molar-refractivity contribution < 1.29 is 9.53 Å². The van der Waals surface area contributed by atoms with Crippen LogP contribution < -0.4 is 0 Å². The Kier molecular flexibility index (Phi) is 7.48. The molecule has 1 aromatic heterocycles. The number of rotatable bonds is 6. The lowest BCUT2D eigenvalue weighted by atomic mass is 9.98. The second-order valence-corrected chi connectivity index (χ2v) is 8.78. The molecule has 0 spiro atoms. The minimum atomic E-state index is -0.0527. The quantitative estimate of drug-likeness (QED) is 0.740. The van der Waals surface area contributed by atoms with E-state index in [4.69, 9.17) is 4.74 Å². The average Bonchev–Trinajstić information content (AvgIpc) is 2.98. The van der Waals surface area contributed by atoms with E-state index in [0.717, 1.165) is 44.7 Å². The molecule has 0 saturated carbocycles. The molecule has 7 heteroatoms. The molecule has 0 aliphatic carbocycles. The van der Waals surface area contributed by atoms with Gasteiger partial charge in [0.05, 0.1) is 24.9 Å². The lowest BCUT2D eigenvalue weighted by molar-refractivity contribution is -0.148. The van der Waals surface area contributed by atoms with Gasteiger partial charge in [0, 0.05) is 51.4 Å². The van der Waals surface area contributed by atoms with Crippen molar-refractivity contribution in [2.75, 3.05) is 52.9 Å². The van der Waals surface area contributed by atoms with Gasteiger partial charge in [-0.3, -0.25) is 14.4 Å². The van der Waals surface area contributed by atoms with Gasteiger partial charge in [-0.25, -0.2) is 0 Å². The van der Waals surface area contributed by atoms with E-state index in [-0.39, 0.29) is 18.1 Å². The maximum Gasteiger partial charge on any atom is 0.223 e. The number of carbonyl (C=O) groups is 1. The van der Waals surface area contributed by atoms with E-state index in [1.165, 1.54) is 6.42 Å². The zero-order chi connectivity index (χ0) is 20.1. The molecule has 3 rings (SSSR count). The number of hydrogen-bond acceptors (Lipinski definition) is 5. The molecule has 0 aromatic carbocycles. The molecule has 0 N–H and O–H groups in total. The van der Waals surface area contributed by atoms with Crippen LogP contribution in [0.25, 0.3) is 0 Å². The standard InChI is InChI=1S/C21H37N5O2/c1-17(2)6-7-20(27)26-12-13-28-19(21(26)18-14-22-24(4)15-18)16-25-9-5-8-23(3)10-11-25/h14-15,17,19,21H,5-13,16H2,1-4H3/t19-,21-/m0/s1. The summed E-state index contributed by atoms with van der Waals surface area (Å²) in [7, 11) is 4.12. The first-order valence-electron chi connectivity index (χ1n) is 10.7. The predicted octanol–water partition coefficient (Wildman–Crippen LogP) is 1.76. The number of nitrogens with zero attached hydrogens (tertiary/aromatic N) is 5. The van der Waals surface area contributed by atoms with Crippen molar-refractivity contribution in [1.82, 2.24) is 24.5 Å². The monoisotopic (exact) mass is 391 g/mol. The third kappa shape index (κ3) is 5.55. The molecule has 158 valence electrons. The molecule has 2 aliphatic rings. The smallest absolute Gasteiger partial charge is 0.223 e. The van der Waals surface area contributed by atoms with E-state index >= 15 is 0 Å². The number of morpholine rings is 1. The fourth-order valence-corrected chi connectivity index (χ4v) is 4.25. The number of aromatic nitrogens is 2. The van der Waals surface area contributed by atoms with Gasteiger partial charge in [-0.1, -0.05) is 13.8 Å². The summed E-state index contributed by atoms with van der Waals surface area (Å²) in [6, 6.07) is -0.0527. The predicted molar refractivity (Wildman–Crippen MR) is 110 cm³/mol. The summed E-state index contributed by atoms with van der Waals surface area (Å²) in [4.78, 5) is 20.0. The minimum Gasteiger partial charge on any atom is -0.373 e. The van der Waals surface area contributed by atoms with Crippen LogP contribution in [0.2, 0.25) is 0 Å². The van der Waals surface area contributed by atoms with Gasteiger partial charge >= 0.3 is 0 Å². The number of hydrogen-bond donors (Lipinski definition) is 0. The van der Waals surface area contributed by atoms with E-state index in [2.05, 4.69) is 40.7 Å². The first-order chi connectivity index (χ1) is 13.4. The maximum absolute atomic E-state index is 13.1. The van der Waals surface area contributed by atoms with Crippen molar-refractivity contribution in [2.45, 2.75) is 45.3 Å². The summed E-state index contributed by atoms with van der Waals surface area (Å²) in [5.74, 6) is 0.776. The fourth-order valence-electron chi connectivity index (χ4n) is 4.25. The van der Waals surface area contributed by atoms with Gasteiger partial charge in [0.2, 0.25) is 5.91 Å². The Balaban J connectivity index is 1.76. The van der Waals surface area contributed by atoms with E-state index in [1.807, 2.05) is 24.1 Å². The third-order valence-electron chi connectivity index (χ3n) is 5.92. The van der Waals surface area contributed by atoms with E-state index < -0.39 is 0 Å². The van der Waals surface area contributed by atoms with Crippen LogP contribution in [0.4, 0.5) is 0 Å². The lowest BCUT2D eigenvalue weighted by Crippen LogP contribution is -2.52. The molecule has 3 heterocycles. The largest absolute Gasteiger partial charge is 0.373 e. The van der Waals surface area contributed by atoms with E-state index in [1.54, 1.807) is 0 Å².